The number of hydrogen-bond acceptors (Lipinski definition) is 10. The molecule has 0 amide bonds. The Balaban J connectivity index is 1.46. The zero-order valence-electron chi connectivity index (χ0n) is 32.8. The second kappa shape index (κ2) is 20.6. The monoisotopic (exact) mass is 794 g/mol. The van der Waals surface area contributed by atoms with Crippen LogP contribution in [-0.2, 0) is 37.3 Å². The van der Waals surface area contributed by atoms with Crippen molar-refractivity contribution in [2.75, 3.05) is 38.9 Å². The highest BCUT2D eigenvalue weighted by molar-refractivity contribution is 7.98. The van der Waals surface area contributed by atoms with Crippen molar-refractivity contribution in [2.24, 2.45) is 0 Å². The largest absolute Gasteiger partial charge is 0.490 e. The first-order valence-corrected chi connectivity index (χ1v) is 20.5. The van der Waals surface area contributed by atoms with Crippen LogP contribution in [0, 0.1) is 0 Å². The molecule has 0 bridgehead atoms. The van der Waals surface area contributed by atoms with Crippen LogP contribution < -0.4 is 9.47 Å². The third kappa shape index (κ3) is 11.9. The summed E-state index contributed by atoms with van der Waals surface area (Å²) < 4.78 is 29.1. The molecule has 8 nitrogen and oxygen atoms in total. The standard InChI is InChI=1S/C46H50O8S2/c1-9-12-34-28-36(18-24-40(34)50-26-27-51-43(48)32-14-20-38(55-7)21-15-32)45(4,5)37-19-25-41(35(29-37)13-10-2)52-30-46(6,54-42(47)11-3)31-53-44(49)33-16-22-39(56-8)23-17-33/h9-11,14-25,28-29H,1-3,12-13,26-27,30-31H2,4-8H3. The van der Waals surface area contributed by atoms with Crippen LogP contribution >= 0.6 is 23.5 Å². The molecule has 0 aliphatic heterocycles. The zero-order valence-corrected chi connectivity index (χ0v) is 34.4. The lowest BCUT2D eigenvalue weighted by Crippen LogP contribution is -2.43. The molecule has 0 N–H and O–H groups in total. The summed E-state index contributed by atoms with van der Waals surface area (Å²) in [5.74, 6) is -0.319. The Labute approximate surface area is 339 Å². The Bertz CT molecular complexity index is 2000. The van der Waals surface area contributed by atoms with Gasteiger partial charge in [-0.3, -0.25) is 0 Å². The van der Waals surface area contributed by atoms with Crippen molar-refractivity contribution in [1.29, 1.82) is 0 Å². The van der Waals surface area contributed by atoms with E-state index in [1.807, 2.05) is 67.1 Å². The van der Waals surface area contributed by atoms with Gasteiger partial charge in [0.15, 0.2) is 5.60 Å². The van der Waals surface area contributed by atoms with Crippen LogP contribution in [0.4, 0.5) is 0 Å². The molecular formula is C46H50O8S2. The van der Waals surface area contributed by atoms with Crippen LogP contribution in [0.15, 0.2) is 133 Å². The molecule has 1 unspecified atom stereocenters. The Morgan fingerprint density at radius 1 is 0.625 bits per heavy atom. The molecule has 0 saturated heterocycles. The van der Waals surface area contributed by atoms with Crippen molar-refractivity contribution < 1.29 is 38.1 Å². The minimum absolute atomic E-state index is 0.0883. The summed E-state index contributed by atoms with van der Waals surface area (Å²) in [6, 6.07) is 26.5. The second-order valence-electron chi connectivity index (χ2n) is 13.6. The van der Waals surface area contributed by atoms with Gasteiger partial charge >= 0.3 is 17.9 Å². The Kier molecular flexibility index (Phi) is 16.1. The number of rotatable bonds is 21. The van der Waals surface area contributed by atoms with Gasteiger partial charge in [0.05, 0.1) is 11.1 Å². The number of carbonyl (C=O) groups excluding carboxylic acids is 3. The Hall–Kier alpha value is -5.19. The highest BCUT2D eigenvalue weighted by Gasteiger charge is 2.33. The van der Waals surface area contributed by atoms with Crippen molar-refractivity contribution in [2.45, 2.75) is 54.4 Å². The third-order valence-electron chi connectivity index (χ3n) is 9.07. The third-order valence-corrected chi connectivity index (χ3v) is 10.6. The maximum Gasteiger partial charge on any atom is 0.338 e. The molecule has 0 aliphatic carbocycles. The minimum Gasteiger partial charge on any atom is -0.490 e. The fourth-order valence-electron chi connectivity index (χ4n) is 5.76. The lowest BCUT2D eigenvalue weighted by molar-refractivity contribution is -0.160. The van der Waals surface area contributed by atoms with Crippen LogP contribution in [0.1, 0.15) is 63.7 Å². The predicted molar refractivity (Wildman–Crippen MR) is 226 cm³/mol. The number of esters is 3. The summed E-state index contributed by atoms with van der Waals surface area (Å²) in [6.45, 7) is 17.3. The zero-order chi connectivity index (χ0) is 40.7. The highest BCUT2D eigenvalue weighted by atomic mass is 32.2. The quantitative estimate of drug-likeness (QED) is 0.0203. The van der Waals surface area contributed by atoms with E-state index in [2.05, 4.69) is 45.7 Å². The predicted octanol–water partition coefficient (Wildman–Crippen LogP) is 9.87. The van der Waals surface area contributed by atoms with Crippen molar-refractivity contribution in [3.8, 4) is 11.5 Å². The fraction of sp³-hybridized carbons (Fsp3) is 0.283. The topological polar surface area (TPSA) is 97.4 Å². The molecule has 4 rings (SSSR count). The van der Waals surface area contributed by atoms with E-state index in [0.717, 1.165) is 38.1 Å². The summed E-state index contributed by atoms with van der Waals surface area (Å²) in [5.41, 5.74) is 3.09. The molecule has 0 saturated carbocycles. The summed E-state index contributed by atoms with van der Waals surface area (Å²) in [4.78, 5) is 39.8. The van der Waals surface area contributed by atoms with E-state index in [0.29, 0.717) is 35.5 Å². The van der Waals surface area contributed by atoms with Gasteiger partial charge in [-0.25, -0.2) is 14.4 Å². The van der Waals surface area contributed by atoms with Crippen molar-refractivity contribution in [3.05, 3.63) is 156 Å². The lowest BCUT2D eigenvalue weighted by atomic mass is 9.76. The normalized spacial score (nSPS) is 12.1. The maximum atomic E-state index is 12.9. The minimum atomic E-state index is -1.31. The Morgan fingerprint density at radius 2 is 1.11 bits per heavy atom. The molecular weight excluding hydrogens is 745 g/mol. The number of allylic oxidation sites excluding steroid dienone is 2. The van der Waals surface area contributed by atoms with Gasteiger partial charge in [-0.15, -0.1) is 36.7 Å². The molecule has 10 heteroatoms. The van der Waals surface area contributed by atoms with Crippen LogP contribution in [0.2, 0.25) is 0 Å². The van der Waals surface area contributed by atoms with E-state index in [9.17, 15) is 14.4 Å². The van der Waals surface area contributed by atoms with Crippen molar-refractivity contribution in [3.63, 3.8) is 0 Å². The van der Waals surface area contributed by atoms with Gasteiger partial charge in [-0.2, -0.15) is 0 Å². The van der Waals surface area contributed by atoms with Crippen molar-refractivity contribution in [1.82, 2.24) is 0 Å². The molecule has 294 valence electrons. The molecule has 0 heterocycles. The summed E-state index contributed by atoms with van der Waals surface area (Å²) >= 11 is 3.18. The van der Waals surface area contributed by atoms with Gasteiger partial charge in [0.25, 0.3) is 0 Å². The van der Waals surface area contributed by atoms with Gasteiger partial charge in [-0.05, 0) is 115 Å². The summed E-state index contributed by atoms with van der Waals surface area (Å²) in [6.07, 6.45) is 9.73. The molecule has 0 aliphatic rings. The summed E-state index contributed by atoms with van der Waals surface area (Å²) in [5, 5.41) is 0. The second-order valence-corrected chi connectivity index (χ2v) is 15.4. The molecule has 4 aromatic rings. The molecule has 56 heavy (non-hydrogen) atoms. The molecule has 0 aromatic heterocycles. The SMILES string of the molecule is C=CCc1cc(C(C)(C)c2ccc(OCC(C)(COC(=O)c3ccc(SC)cc3)OC(=O)C=C)c(CC=C)c2)ccc1OCCOC(=O)c1ccc(SC)cc1. The van der Waals surface area contributed by atoms with Gasteiger partial charge < -0.3 is 23.7 Å². The van der Waals surface area contributed by atoms with Crippen LogP contribution in [0.25, 0.3) is 0 Å². The first kappa shape index (κ1) is 43.5. The van der Waals surface area contributed by atoms with E-state index in [4.69, 9.17) is 23.7 Å². The number of thioether (sulfide) groups is 2. The smallest absolute Gasteiger partial charge is 0.338 e. The molecule has 0 radical (unpaired) electrons. The van der Waals surface area contributed by atoms with E-state index >= 15 is 0 Å². The Morgan fingerprint density at radius 3 is 1.57 bits per heavy atom. The average Bonchev–Trinajstić information content (AvgIpc) is 3.21. The van der Waals surface area contributed by atoms with Gasteiger partial charge in [0.1, 0.15) is 37.9 Å². The number of carbonyl (C=O) groups is 3. The van der Waals surface area contributed by atoms with Crippen molar-refractivity contribution >= 4 is 41.4 Å². The van der Waals surface area contributed by atoms with E-state index in [1.54, 1.807) is 60.8 Å². The fourth-order valence-corrected chi connectivity index (χ4v) is 6.57. The maximum absolute atomic E-state index is 12.9. The molecule has 4 aromatic carbocycles. The van der Waals surface area contributed by atoms with Crippen LogP contribution in [0.5, 0.6) is 11.5 Å². The van der Waals surface area contributed by atoms with Gasteiger partial charge in [0, 0.05) is 21.3 Å². The first-order chi connectivity index (χ1) is 26.9. The molecule has 0 fully saturated rings. The van der Waals surface area contributed by atoms with E-state index in [1.165, 1.54) is 0 Å². The lowest BCUT2D eigenvalue weighted by Gasteiger charge is -2.30. The summed E-state index contributed by atoms with van der Waals surface area (Å²) in [7, 11) is 0. The first-order valence-electron chi connectivity index (χ1n) is 18.1. The van der Waals surface area contributed by atoms with Crippen LogP contribution in [0.3, 0.4) is 0 Å². The average molecular weight is 795 g/mol. The number of hydrogen-bond donors (Lipinski definition) is 0. The van der Waals surface area contributed by atoms with Crippen LogP contribution in [-0.4, -0.2) is 62.4 Å². The number of benzene rings is 4. The molecule has 0 spiro atoms. The number of ether oxygens (including phenoxy) is 5. The van der Waals surface area contributed by atoms with Gasteiger partial charge in [-0.1, -0.05) is 56.8 Å². The molecule has 1 atom stereocenters. The van der Waals surface area contributed by atoms with E-state index < -0.39 is 28.9 Å². The van der Waals surface area contributed by atoms with Gasteiger partial charge in [0.2, 0.25) is 0 Å². The van der Waals surface area contributed by atoms with E-state index in [-0.39, 0.29) is 26.4 Å². The highest BCUT2D eigenvalue weighted by Crippen LogP contribution is 2.37.